The molecule has 0 spiro atoms. The molecule has 6 aromatic carbocycles. The fraction of sp³-hybridized carbons (Fsp3) is 0. The first-order valence-corrected chi connectivity index (χ1v) is 17.9. The van der Waals surface area contributed by atoms with Crippen molar-refractivity contribution < 1.29 is 8.78 Å². The number of benzene rings is 6. The monoisotopic (exact) mass is 760 g/mol. The van der Waals surface area contributed by atoms with Gasteiger partial charge in [-0.3, -0.25) is 9.59 Å². The summed E-state index contributed by atoms with van der Waals surface area (Å²) >= 11 is 0. The number of hydrogen-bond acceptors (Lipinski definition) is 6. The molecule has 0 radical (unpaired) electrons. The summed E-state index contributed by atoms with van der Waals surface area (Å²) in [4.78, 5) is 46.5. The zero-order valence-corrected chi connectivity index (χ0v) is 30.1. The first-order valence-electron chi connectivity index (χ1n) is 17.9. The van der Waals surface area contributed by atoms with Gasteiger partial charge in [0.1, 0.15) is 11.6 Å². The van der Waals surface area contributed by atoms with Crippen LogP contribution in [-0.4, -0.2) is 29.9 Å². The molecule has 10 nitrogen and oxygen atoms in total. The van der Waals surface area contributed by atoms with Crippen LogP contribution in [0.2, 0.25) is 0 Å². The second kappa shape index (κ2) is 14.3. The number of aromatic amines is 4. The van der Waals surface area contributed by atoms with Crippen LogP contribution < -0.4 is 11.1 Å². The topological polar surface area (TPSA) is 171 Å². The van der Waals surface area contributed by atoms with Crippen molar-refractivity contribution >= 4 is 43.9 Å². The summed E-state index contributed by atoms with van der Waals surface area (Å²) in [5.74, 6) is -0.591. The lowest BCUT2D eigenvalue weighted by Crippen LogP contribution is -2.11. The summed E-state index contributed by atoms with van der Waals surface area (Å²) in [6, 6.07) is 41.9. The van der Waals surface area contributed by atoms with Gasteiger partial charge in [-0.1, -0.05) is 36.4 Å². The molecule has 4 aromatic heterocycles. The Labute approximate surface area is 326 Å². The Morgan fingerprint density at radius 3 is 1.41 bits per heavy atom. The number of nitrogens with zero attached hydrogens (tertiary/aromatic N) is 4. The highest BCUT2D eigenvalue weighted by molar-refractivity contribution is 5.89. The van der Waals surface area contributed by atoms with Crippen molar-refractivity contribution in [3.05, 3.63) is 177 Å². The van der Waals surface area contributed by atoms with Gasteiger partial charge in [0.2, 0.25) is 0 Å². The molecule has 0 saturated carbocycles. The van der Waals surface area contributed by atoms with Gasteiger partial charge in [-0.2, -0.15) is 10.5 Å². The predicted octanol–water partition coefficient (Wildman–Crippen LogP) is 9.50. The molecule has 0 aliphatic rings. The number of halogens is 2. The molecule has 12 heteroatoms. The van der Waals surface area contributed by atoms with E-state index in [4.69, 9.17) is 10.5 Å². The zero-order valence-electron chi connectivity index (χ0n) is 30.1. The standard InChI is InChI=1S/2C23H13FN4O/c24-17-5-2-14(3-6-17)15-4-8-19-20(10-15)27-22(23(29)28-19)21-11-16-9-13(12-25)1-7-18(16)26-21;24-17-5-2-14(3-6-17)15-4-8-19-20(10-15)28-23(29)22(27-19)21-11-16-9-13(12-25)1-7-18(16)26-21/h2*1-11,26H,(H,28,29). The molecule has 0 atom stereocenters. The minimum atomic E-state index is -0.319. The molecule has 10 rings (SSSR count). The minimum Gasteiger partial charge on any atom is -0.353 e. The van der Waals surface area contributed by atoms with Gasteiger partial charge >= 0.3 is 0 Å². The van der Waals surface area contributed by atoms with Gasteiger partial charge < -0.3 is 19.9 Å². The molecule has 58 heavy (non-hydrogen) atoms. The van der Waals surface area contributed by atoms with Gasteiger partial charge in [0.15, 0.2) is 11.4 Å². The maximum absolute atomic E-state index is 13.2. The second-order valence-corrected chi connectivity index (χ2v) is 13.5. The second-order valence-electron chi connectivity index (χ2n) is 13.5. The van der Waals surface area contributed by atoms with Gasteiger partial charge in [-0.05, 0) is 119 Å². The van der Waals surface area contributed by atoms with Crippen LogP contribution >= 0.6 is 0 Å². The normalized spacial score (nSPS) is 11.0. The smallest absolute Gasteiger partial charge is 0.276 e. The Kier molecular flexibility index (Phi) is 8.69. The fourth-order valence-electron chi connectivity index (χ4n) is 6.84. The molecule has 0 bridgehead atoms. The van der Waals surface area contributed by atoms with E-state index in [-0.39, 0.29) is 34.1 Å². The summed E-state index contributed by atoms with van der Waals surface area (Å²) in [6.07, 6.45) is 0. The average Bonchev–Trinajstić information content (AvgIpc) is 3.87. The number of fused-ring (bicyclic) bond motifs is 4. The third-order valence-electron chi connectivity index (χ3n) is 9.75. The van der Waals surface area contributed by atoms with E-state index in [1.807, 2.05) is 48.5 Å². The predicted molar refractivity (Wildman–Crippen MR) is 220 cm³/mol. The SMILES string of the molecule is N#Cc1ccc2[nH]c(-c3nc4cc(-c5ccc(F)cc5)ccc4[nH]c3=O)cc2c1.N#Cc1ccc2[nH]c(-c3nc4ccc(-c5ccc(F)cc5)cc4[nH]c3=O)cc2c1. The molecule has 0 aliphatic carbocycles. The van der Waals surface area contributed by atoms with E-state index in [1.165, 1.54) is 24.3 Å². The highest BCUT2D eigenvalue weighted by Gasteiger charge is 2.14. The van der Waals surface area contributed by atoms with Crippen LogP contribution in [0.25, 0.3) is 88.9 Å². The molecule has 4 heterocycles. The number of H-pyrrole nitrogens is 4. The number of rotatable bonds is 4. The Hall–Kier alpha value is -8.48. The van der Waals surface area contributed by atoms with E-state index in [9.17, 15) is 18.4 Å². The van der Waals surface area contributed by atoms with Crippen LogP contribution in [0, 0.1) is 34.3 Å². The fourth-order valence-corrected chi connectivity index (χ4v) is 6.84. The summed E-state index contributed by atoms with van der Waals surface area (Å²) in [5, 5.41) is 19.8. The third kappa shape index (κ3) is 6.74. The Balaban J connectivity index is 0.000000150. The van der Waals surface area contributed by atoms with Gasteiger partial charge in [0.25, 0.3) is 11.1 Å². The van der Waals surface area contributed by atoms with E-state index in [1.54, 1.807) is 60.7 Å². The lowest BCUT2D eigenvalue weighted by molar-refractivity contribution is 0.627. The summed E-state index contributed by atoms with van der Waals surface area (Å²) in [5.41, 5.74) is 9.75. The molecule has 4 N–H and O–H groups in total. The zero-order chi connectivity index (χ0) is 39.9. The summed E-state index contributed by atoms with van der Waals surface area (Å²) < 4.78 is 26.4. The van der Waals surface area contributed by atoms with Crippen molar-refractivity contribution in [1.29, 1.82) is 10.5 Å². The lowest BCUT2D eigenvalue weighted by atomic mass is 10.0. The summed E-state index contributed by atoms with van der Waals surface area (Å²) in [7, 11) is 0. The molecule has 0 fully saturated rings. The Morgan fingerprint density at radius 1 is 0.431 bits per heavy atom. The van der Waals surface area contributed by atoms with E-state index >= 15 is 0 Å². The van der Waals surface area contributed by atoms with E-state index in [2.05, 4.69) is 42.0 Å². The Morgan fingerprint density at radius 2 is 0.879 bits per heavy atom. The number of hydrogen-bond donors (Lipinski definition) is 4. The van der Waals surface area contributed by atoms with E-state index in [0.29, 0.717) is 44.6 Å². The van der Waals surface area contributed by atoms with Gasteiger partial charge in [-0.25, -0.2) is 18.7 Å². The van der Waals surface area contributed by atoms with Crippen LogP contribution in [-0.2, 0) is 0 Å². The maximum atomic E-state index is 13.2. The highest BCUT2D eigenvalue weighted by atomic mass is 19.1. The van der Waals surface area contributed by atoms with Crippen molar-refractivity contribution in [2.75, 3.05) is 0 Å². The molecule has 276 valence electrons. The third-order valence-corrected chi connectivity index (χ3v) is 9.75. The summed E-state index contributed by atoms with van der Waals surface area (Å²) in [6.45, 7) is 0. The first-order chi connectivity index (χ1) is 28.2. The maximum Gasteiger partial charge on any atom is 0.276 e. The van der Waals surface area contributed by atoms with Crippen LogP contribution in [0.4, 0.5) is 8.78 Å². The molecule has 0 unspecified atom stereocenters. The Bertz CT molecular complexity index is 3440. The number of aromatic nitrogens is 6. The highest BCUT2D eigenvalue weighted by Crippen LogP contribution is 2.28. The van der Waals surface area contributed by atoms with Crippen molar-refractivity contribution in [3.63, 3.8) is 0 Å². The van der Waals surface area contributed by atoms with Crippen molar-refractivity contribution in [1.82, 2.24) is 29.9 Å². The lowest BCUT2D eigenvalue weighted by Gasteiger charge is -2.05. The van der Waals surface area contributed by atoms with Crippen molar-refractivity contribution in [2.24, 2.45) is 0 Å². The molecule has 0 amide bonds. The molecule has 0 saturated heterocycles. The van der Waals surface area contributed by atoms with Crippen LogP contribution in [0.5, 0.6) is 0 Å². The van der Waals surface area contributed by atoms with Gasteiger partial charge in [0.05, 0.1) is 56.7 Å². The van der Waals surface area contributed by atoms with Crippen LogP contribution in [0.15, 0.2) is 143 Å². The quantitative estimate of drug-likeness (QED) is 0.139. The van der Waals surface area contributed by atoms with Gasteiger partial charge in [0, 0.05) is 21.8 Å². The van der Waals surface area contributed by atoms with Crippen LogP contribution in [0.3, 0.4) is 0 Å². The van der Waals surface area contributed by atoms with Crippen LogP contribution in [0.1, 0.15) is 11.1 Å². The van der Waals surface area contributed by atoms with Gasteiger partial charge in [-0.15, -0.1) is 0 Å². The first kappa shape index (κ1) is 35.2. The molecule has 10 aromatic rings. The molecular weight excluding hydrogens is 735 g/mol. The largest absolute Gasteiger partial charge is 0.353 e. The minimum absolute atomic E-state index is 0.267. The molecular formula is C46H26F2N8O2. The molecule has 0 aliphatic heterocycles. The number of nitrogens with one attached hydrogen (secondary N) is 4. The van der Waals surface area contributed by atoms with E-state index in [0.717, 1.165) is 44.1 Å². The average molecular weight is 761 g/mol. The van der Waals surface area contributed by atoms with Crippen molar-refractivity contribution in [3.8, 4) is 57.2 Å². The number of nitriles is 2. The van der Waals surface area contributed by atoms with Crippen molar-refractivity contribution in [2.45, 2.75) is 0 Å². The van der Waals surface area contributed by atoms with E-state index < -0.39 is 0 Å².